The van der Waals surface area contributed by atoms with Gasteiger partial charge in [-0.15, -0.1) is 11.3 Å². The van der Waals surface area contributed by atoms with E-state index in [0.717, 1.165) is 5.56 Å². The van der Waals surface area contributed by atoms with Gasteiger partial charge in [-0.05, 0) is 38.5 Å². The lowest BCUT2D eigenvalue weighted by Crippen LogP contribution is -2.41. The molecule has 0 radical (unpaired) electrons. The summed E-state index contributed by atoms with van der Waals surface area (Å²) in [5.74, 6) is -2.48. The number of halogens is 2. The second kappa shape index (κ2) is 10.0. The summed E-state index contributed by atoms with van der Waals surface area (Å²) >= 11 is 1.51. The number of hydrogen-bond acceptors (Lipinski definition) is 8. The zero-order chi connectivity index (χ0) is 22.4. The van der Waals surface area contributed by atoms with Gasteiger partial charge in [0.05, 0.1) is 29.4 Å². The summed E-state index contributed by atoms with van der Waals surface area (Å²) in [6.45, 7) is 5.99. The molecule has 2 N–H and O–H groups in total. The van der Waals surface area contributed by atoms with Crippen LogP contribution in [0.5, 0.6) is 5.88 Å². The van der Waals surface area contributed by atoms with Gasteiger partial charge in [-0.3, -0.25) is 9.78 Å². The van der Waals surface area contributed by atoms with Crippen LogP contribution in [-0.2, 0) is 5.54 Å². The molecule has 0 unspecified atom stereocenters. The summed E-state index contributed by atoms with van der Waals surface area (Å²) in [5, 5.41) is 3.22. The van der Waals surface area contributed by atoms with E-state index in [9.17, 15) is 13.6 Å². The average Bonchev–Trinajstić information content (AvgIpc) is 3.23. The molecule has 11 heteroatoms. The lowest BCUT2D eigenvalue weighted by Gasteiger charge is -2.27. The van der Waals surface area contributed by atoms with E-state index in [0.29, 0.717) is 40.7 Å². The number of aromatic nitrogens is 3. The van der Waals surface area contributed by atoms with E-state index in [1.807, 2.05) is 26.8 Å². The number of nitrogens with zero attached hydrogens (tertiary/aromatic N) is 3. The van der Waals surface area contributed by atoms with Crippen LogP contribution in [0.3, 0.4) is 0 Å². The van der Waals surface area contributed by atoms with Crippen molar-refractivity contribution in [1.82, 2.24) is 20.3 Å². The molecule has 7 nitrogen and oxygen atoms in total. The lowest BCUT2D eigenvalue weighted by atomic mass is 9.94. The van der Waals surface area contributed by atoms with E-state index in [-0.39, 0.29) is 10.9 Å². The first kappa shape index (κ1) is 22.9. The summed E-state index contributed by atoms with van der Waals surface area (Å²) < 4.78 is 32.8. The van der Waals surface area contributed by atoms with Crippen molar-refractivity contribution in [3.8, 4) is 16.5 Å². The molecule has 3 rings (SSSR count). The highest BCUT2D eigenvalue weighted by atomic mass is 32.2. The molecule has 0 saturated carbocycles. The van der Waals surface area contributed by atoms with E-state index in [1.54, 1.807) is 30.6 Å². The number of carbonyl (C=O) groups is 1. The highest BCUT2D eigenvalue weighted by molar-refractivity contribution is 8.00. The topological polar surface area (TPSA) is 89.0 Å². The van der Waals surface area contributed by atoms with Crippen molar-refractivity contribution in [2.45, 2.75) is 32.1 Å². The number of anilines is 1. The van der Waals surface area contributed by atoms with E-state index in [2.05, 4.69) is 25.0 Å². The van der Waals surface area contributed by atoms with Gasteiger partial charge in [0.1, 0.15) is 5.69 Å². The van der Waals surface area contributed by atoms with Crippen LogP contribution in [0, 0.1) is 0 Å². The van der Waals surface area contributed by atoms with E-state index in [4.69, 9.17) is 4.74 Å². The van der Waals surface area contributed by atoms with Gasteiger partial charge in [0.2, 0.25) is 5.88 Å². The van der Waals surface area contributed by atoms with Gasteiger partial charge in [0.15, 0.2) is 5.01 Å². The van der Waals surface area contributed by atoms with Crippen molar-refractivity contribution in [2.75, 3.05) is 11.3 Å². The molecule has 0 aliphatic rings. The van der Waals surface area contributed by atoms with Crippen LogP contribution in [0.4, 0.5) is 14.5 Å². The summed E-state index contributed by atoms with van der Waals surface area (Å²) in [6, 6.07) is 6.96. The average molecular weight is 466 g/mol. The van der Waals surface area contributed by atoms with E-state index < -0.39 is 11.3 Å². The molecule has 164 valence electrons. The first-order chi connectivity index (χ1) is 14.8. The summed E-state index contributed by atoms with van der Waals surface area (Å²) in [5.41, 5.74) is 1.09. The molecule has 0 atom stereocenters. The third-order valence-corrected chi connectivity index (χ3v) is 5.68. The highest BCUT2D eigenvalue weighted by Crippen LogP contribution is 2.28. The van der Waals surface area contributed by atoms with Crippen molar-refractivity contribution in [3.05, 3.63) is 53.4 Å². The number of nitrogens with one attached hydrogen (secondary N) is 2. The smallest absolute Gasteiger partial charge is 0.302 e. The van der Waals surface area contributed by atoms with Crippen molar-refractivity contribution < 1.29 is 18.3 Å². The Morgan fingerprint density at radius 1 is 1.29 bits per heavy atom. The Morgan fingerprint density at radius 2 is 2.10 bits per heavy atom. The number of amides is 1. The first-order valence-corrected chi connectivity index (χ1v) is 11.0. The summed E-state index contributed by atoms with van der Waals surface area (Å²) in [7, 11) is 0. The normalized spacial score (nSPS) is 11.4. The number of rotatable bonds is 9. The van der Waals surface area contributed by atoms with Crippen LogP contribution in [-0.4, -0.2) is 33.2 Å². The van der Waals surface area contributed by atoms with Crippen LogP contribution in [0.1, 0.15) is 36.1 Å². The molecule has 0 aliphatic heterocycles. The predicted octanol–water partition coefficient (Wildman–Crippen LogP) is 4.95. The number of ether oxygens (including phenoxy) is 1. The maximum atomic E-state index is 12.8. The molecule has 0 aliphatic carbocycles. The number of benzene rings is 1. The quantitative estimate of drug-likeness (QED) is 0.432. The molecule has 2 heterocycles. The van der Waals surface area contributed by atoms with Crippen LogP contribution in [0.25, 0.3) is 10.6 Å². The van der Waals surface area contributed by atoms with Crippen molar-refractivity contribution in [1.29, 1.82) is 0 Å². The van der Waals surface area contributed by atoms with Gasteiger partial charge in [-0.25, -0.2) is 9.97 Å². The van der Waals surface area contributed by atoms with Gasteiger partial charge >= 0.3 is 5.76 Å². The predicted molar refractivity (Wildman–Crippen MR) is 118 cm³/mol. The fraction of sp³-hybridized carbons (Fsp3) is 0.300. The Hall–Kier alpha value is -2.79. The Morgan fingerprint density at radius 3 is 2.84 bits per heavy atom. The van der Waals surface area contributed by atoms with Crippen molar-refractivity contribution in [2.24, 2.45) is 0 Å². The second-order valence-electron chi connectivity index (χ2n) is 6.85. The van der Waals surface area contributed by atoms with Gasteiger partial charge in [-0.1, -0.05) is 12.1 Å². The van der Waals surface area contributed by atoms with Crippen LogP contribution < -0.4 is 14.8 Å². The molecule has 0 fully saturated rings. The fourth-order valence-electron chi connectivity index (χ4n) is 2.68. The van der Waals surface area contributed by atoms with Gasteiger partial charge in [0, 0.05) is 23.8 Å². The molecular weight excluding hydrogens is 444 g/mol. The van der Waals surface area contributed by atoms with Gasteiger partial charge < -0.3 is 14.8 Å². The van der Waals surface area contributed by atoms with Crippen molar-refractivity contribution >= 4 is 34.9 Å². The third kappa shape index (κ3) is 6.11. The minimum Gasteiger partial charge on any atom is -0.477 e. The minimum absolute atomic E-state index is 0.272. The summed E-state index contributed by atoms with van der Waals surface area (Å²) in [6.07, 6.45) is 4.67. The number of alkyl halides is 2. The standard InChI is InChI=1S/C20H21F2N5O2S2/c1-4-29-16-11-23-9-14(25-16)15-10-24-18(30-15)17(28)26-20(2,3)12-6-5-7-13(8-12)27-31-19(21)22/h5-11,19,27H,4H2,1-3H3,(H,26,28). The molecule has 31 heavy (non-hydrogen) atoms. The largest absolute Gasteiger partial charge is 0.477 e. The van der Waals surface area contributed by atoms with E-state index >= 15 is 0 Å². The number of thiazole rings is 1. The Bertz CT molecular complexity index is 1050. The Kier molecular flexibility index (Phi) is 7.39. The zero-order valence-corrected chi connectivity index (χ0v) is 18.7. The molecule has 0 spiro atoms. The molecule has 0 bridgehead atoms. The zero-order valence-electron chi connectivity index (χ0n) is 17.1. The maximum Gasteiger partial charge on any atom is 0.302 e. The third-order valence-electron chi connectivity index (χ3n) is 4.13. The fourth-order valence-corrected chi connectivity index (χ4v) is 3.79. The number of carbonyl (C=O) groups excluding carboxylic acids is 1. The Labute approximate surface area is 186 Å². The molecule has 1 aromatic carbocycles. The number of hydrogen-bond donors (Lipinski definition) is 2. The van der Waals surface area contributed by atoms with Crippen LogP contribution in [0.2, 0.25) is 0 Å². The monoisotopic (exact) mass is 465 g/mol. The molecule has 2 aromatic heterocycles. The van der Waals surface area contributed by atoms with E-state index in [1.165, 1.54) is 17.5 Å². The van der Waals surface area contributed by atoms with Crippen LogP contribution >= 0.6 is 23.3 Å². The first-order valence-electron chi connectivity index (χ1n) is 9.32. The second-order valence-corrected chi connectivity index (χ2v) is 8.67. The SMILES string of the molecule is CCOc1cncc(-c2cnc(C(=O)NC(C)(C)c3cccc(NSC(F)F)c3)s2)n1. The minimum atomic E-state index is -2.53. The molecule has 3 aromatic rings. The van der Waals surface area contributed by atoms with Gasteiger partial charge in [-0.2, -0.15) is 8.78 Å². The van der Waals surface area contributed by atoms with Crippen molar-refractivity contribution in [3.63, 3.8) is 0 Å². The Balaban J connectivity index is 1.73. The summed E-state index contributed by atoms with van der Waals surface area (Å²) in [4.78, 5) is 26.2. The highest BCUT2D eigenvalue weighted by Gasteiger charge is 2.25. The molecular formula is C20H21F2N5O2S2. The molecule has 0 saturated heterocycles. The van der Waals surface area contributed by atoms with Gasteiger partial charge in [0.25, 0.3) is 5.91 Å². The molecule has 1 amide bonds. The lowest BCUT2D eigenvalue weighted by molar-refractivity contribution is 0.0911. The maximum absolute atomic E-state index is 12.8. The van der Waals surface area contributed by atoms with Crippen LogP contribution in [0.15, 0.2) is 42.9 Å².